The number of aromatic nitrogens is 6. The predicted molar refractivity (Wildman–Crippen MR) is 83.5 cm³/mol. The molecule has 1 N–H and O–H groups in total. The van der Waals surface area contributed by atoms with Crippen molar-refractivity contribution in [1.29, 1.82) is 0 Å². The summed E-state index contributed by atoms with van der Waals surface area (Å²) in [6.07, 6.45) is 3.42. The van der Waals surface area contributed by atoms with Gasteiger partial charge >= 0.3 is 0 Å². The Labute approximate surface area is 134 Å². The first-order valence-corrected chi connectivity index (χ1v) is 8.09. The summed E-state index contributed by atoms with van der Waals surface area (Å²) < 4.78 is 1.83. The van der Waals surface area contributed by atoms with Gasteiger partial charge in [0.2, 0.25) is 11.0 Å². The maximum absolute atomic E-state index is 11.8. The molecule has 0 aliphatic carbocycles. The second-order valence-electron chi connectivity index (χ2n) is 4.19. The monoisotopic (exact) mass is 333 g/mol. The van der Waals surface area contributed by atoms with E-state index in [4.69, 9.17) is 0 Å². The van der Waals surface area contributed by atoms with Gasteiger partial charge in [0.15, 0.2) is 11.0 Å². The maximum Gasteiger partial charge on any atom is 0.236 e. The van der Waals surface area contributed by atoms with Crippen molar-refractivity contribution in [1.82, 2.24) is 29.9 Å². The SMILES string of the molecule is Cn1c(SCC(=O)Nc2nncs2)nnc1-c1cccnc1. The molecule has 1 amide bonds. The van der Waals surface area contributed by atoms with Crippen molar-refractivity contribution >= 4 is 34.1 Å². The van der Waals surface area contributed by atoms with Gasteiger partial charge < -0.3 is 4.57 Å². The molecule has 8 nitrogen and oxygen atoms in total. The molecule has 0 atom stereocenters. The van der Waals surface area contributed by atoms with E-state index in [0.717, 1.165) is 5.56 Å². The van der Waals surface area contributed by atoms with Crippen molar-refractivity contribution in [2.45, 2.75) is 5.16 Å². The summed E-state index contributed by atoms with van der Waals surface area (Å²) in [6, 6.07) is 3.75. The van der Waals surface area contributed by atoms with Crippen LogP contribution in [0.4, 0.5) is 5.13 Å². The number of carbonyl (C=O) groups excluding carboxylic acids is 1. The van der Waals surface area contributed by atoms with E-state index in [9.17, 15) is 4.79 Å². The lowest BCUT2D eigenvalue weighted by Gasteiger charge is -2.03. The number of nitrogens with one attached hydrogen (secondary N) is 1. The smallest absolute Gasteiger partial charge is 0.236 e. The molecule has 0 aromatic carbocycles. The summed E-state index contributed by atoms with van der Waals surface area (Å²) in [5, 5.41) is 19.5. The molecule has 0 bridgehead atoms. The molecule has 0 aliphatic rings. The van der Waals surface area contributed by atoms with Crippen LogP contribution in [0.15, 0.2) is 35.2 Å². The Balaban J connectivity index is 1.64. The summed E-state index contributed by atoms with van der Waals surface area (Å²) in [5.41, 5.74) is 2.44. The molecule has 112 valence electrons. The zero-order chi connectivity index (χ0) is 15.4. The Kier molecular flexibility index (Phi) is 4.39. The van der Waals surface area contributed by atoms with Crippen LogP contribution in [0.2, 0.25) is 0 Å². The van der Waals surface area contributed by atoms with Gasteiger partial charge in [-0.2, -0.15) is 0 Å². The first kappa shape index (κ1) is 14.6. The van der Waals surface area contributed by atoms with Crippen molar-refractivity contribution in [2.75, 3.05) is 11.1 Å². The molecule has 22 heavy (non-hydrogen) atoms. The van der Waals surface area contributed by atoms with Gasteiger partial charge in [0.25, 0.3) is 0 Å². The van der Waals surface area contributed by atoms with Gasteiger partial charge in [-0.05, 0) is 12.1 Å². The molecule has 3 heterocycles. The Hall–Kier alpha value is -2.33. The van der Waals surface area contributed by atoms with E-state index in [0.29, 0.717) is 16.1 Å². The Morgan fingerprint density at radius 1 is 1.41 bits per heavy atom. The molecule has 3 aromatic heterocycles. The molecule has 0 saturated carbocycles. The zero-order valence-corrected chi connectivity index (χ0v) is 13.1. The van der Waals surface area contributed by atoms with Gasteiger partial charge in [-0.3, -0.25) is 15.1 Å². The molecule has 3 rings (SSSR count). The number of hydrogen-bond donors (Lipinski definition) is 1. The number of carbonyl (C=O) groups is 1. The maximum atomic E-state index is 11.8. The molecule has 0 spiro atoms. The third-order valence-corrected chi connectivity index (χ3v) is 4.32. The summed E-state index contributed by atoms with van der Waals surface area (Å²) in [5.74, 6) is 0.770. The van der Waals surface area contributed by atoms with Crippen LogP contribution in [-0.2, 0) is 11.8 Å². The molecular weight excluding hydrogens is 322 g/mol. The van der Waals surface area contributed by atoms with Crippen molar-refractivity contribution in [3.63, 3.8) is 0 Å². The third-order valence-electron chi connectivity index (χ3n) is 2.69. The fraction of sp³-hybridized carbons (Fsp3) is 0.167. The van der Waals surface area contributed by atoms with Crippen LogP contribution < -0.4 is 5.32 Å². The fourth-order valence-corrected chi connectivity index (χ4v) is 2.87. The highest BCUT2D eigenvalue weighted by Crippen LogP contribution is 2.22. The lowest BCUT2D eigenvalue weighted by molar-refractivity contribution is -0.113. The highest BCUT2D eigenvalue weighted by molar-refractivity contribution is 7.99. The van der Waals surface area contributed by atoms with E-state index in [1.54, 1.807) is 17.9 Å². The Morgan fingerprint density at radius 3 is 3.05 bits per heavy atom. The summed E-state index contributed by atoms with van der Waals surface area (Å²) in [7, 11) is 1.85. The van der Waals surface area contributed by atoms with E-state index < -0.39 is 0 Å². The number of amides is 1. The number of pyridine rings is 1. The molecule has 10 heteroatoms. The number of rotatable bonds is 5. The standard InChI is InChI=1S/C12H11N7OS2/c1-19-10(8-3-2-4-13-5-8)16-18-12(19)21-6-9(20)15-11-17-14-7-22-11/h2-5,7H,6H2,1H3,(H,15,17,20). The van der Waals surface area contributed by atoms with E-state index >= 15 is 0 Å². The molecule has 3 aromatic rings. The van der Waals surface area contributed by atoms with Gasteiger partial charge in [-0.15, -0.1) is 20.4 Å². The van der Waals surface area contributed by atoms with Crippen molar-refractivity contribution < 1.29 is 4.79 Å². The molecule has 0 unspecified atom stereocenters. The highest BCUT2D eigenvalue weighted by Gasteiger charge is 2.13. The topological polar surface area (TPSA) is 98.5 Å². The zero-order valence-electron chi connectivity index (χ0n) is 11.5. The number of anilines is 1. The summed E-state index contributed by atoms with van der Waals surface area (Å²) in [4.78, 5) is 15.9. The van der Waals surface area contributed by atoms with Crippen LogP contribution in [0.5, 0.6) is 0 Å². The first-order valence-electron chi connectivity index (χ1n) is 6.22. The van der Waals surface area contributed by atoms with E-state index in [1.807, 2.05) is 23.7 Å². The summed E-state index contributed by atoms with van der Waals surface area (Å²) in [6.45, 7) is 0. The molecule has 0 radical (unpaired) electrons. The van der Waals surface area contributed by atoms with Crippen LogP contribution in [0.1, 0.15) is 0 Å². The van der Waals surface area contributed by atoms with Crippen LogP contribution >= 0.6 is 23.1 Å². The predicted octanol–water partition coefficient (Wildman–Crippen LogP) is 1.46. The van der Waals surface area contributed by atoms with E-state index in [2.05, 4.69) is 30.7 Å². The minimum atomic E-state index is -0.160. The third kappa shape index (κ3) is 3.28. The van der Waals surface area contributed by atoms with Crippen LogP contribution in [0.25, 0.3) is 11.4 Å². The largest absolute Gasteiger partial charge is 0.305 e. The van der Waals surface area contributed by atoms with E-state index in [-0.39, 0.29) is 11.7 Å². The van der Waals surface area contributed by atoms with Crippen molar-refractivity contribution in [3.8, 4) is 11.4 Å². The minimum absolute atomic E-state index is 0.160. The van der Waals surface area contributed by atoms with Gasteiger partial charge in [-0.1, -0.05) is 23.1 Å². The number of nitrogens with zero attached hydrogens (tertiary/aromatic N) is 6. The van der Waals surface area contributed by atoms with E-state index in [1.165, 1.54) is 23.1 Å². The number of hydrogen-bond acceptors (Lipinski definition) is 8. The Bertz CT molecular complexity index is 757. The average Bonchev–Trinajstić information content (AvgIpc) is 3.16. The second kappa shape index (κ2) is 6.62. The summed E-state index contributed by atoms with van der Waals surface area (Å²) >= 11 is 2.58. The van der Waals surface area contributed by atoms with Gasteiger partial charge in [0.1, 0.15) is 5.51 Å². The van der Waals surface area contributed by atoms with Crippen molar-refractivity contribution in [2.24, 2.45) is 7.05 Å². The van der Waals surface area contributed by atoms with Crippen LogP contribution in [0.3, 0.4) is 0 Å². The molecule has 0 saturated heterocycles. The average molecular weight is 333 g/mol. The van der Waals surface area contributed by atoms with Gasteiger partial charge in [-0.25, -0.2) is 0 Å². The minimum Gasteiger partial charge on any atom is -0.305 e. The second-order valence-corrected chi connectivity index (χ2v) is 5.96. The van der Waals surface area contributed by atoms with Gasteiger partial charge in [0, 0.05) is 25.0 Å². The lowest BCUT2D eigenvalue weighted by Crippen LogP contribution is -2.14. The lowest BCUT2D eigenvalue weighted by atomic mass is 10.3. The Morgan fingerprint density at radius 2 is 2.32 bits per heavy atom. The van der Waals surface area contributed by atoms with Gasteiger partial charge in [0.05, 0.1) is 5.75 Å². The van der Waals surface area contributed by atoms with Crippen LogP contribution in [0, 0.1) is 0 Å². The fourth-order valence-electron chi connectivity index (χ4n) is 1.70. The first-order chi connectivity index (χ1) is 10.7. The quantitative estimate of drug-likeness (QED) is 0.706. The number of thioether (sulfide) groups is 1. The van der Waals surface area contributed by atoms with Crippen molar-refractivity contribution in [3.05, 3.63) is 30.0 Å². The molecular formula is C12H11N7OS2. The molecule has 0 fully saturated rings. The highest BCUT2D eigenvalue weighted by atomic mass is 32.2. The van der Waals surface area contributed by atoms with Crippen LogP contribution in [-0.4, -0.2) is 41.6 Å². The molecule has 0 aliphatic heterocycles. The normalized spacial score (nSPS) is 10.6.